The van der Waals surface area contributed by atoms with Gasteiger partial charge in [-0.1, -0.05) is 27.5 Å². The summed E-state index contributed by atoms with van der Waals surface area (Å²) in [6.45, 7) is 4.00. The molecule has 2 aromatic rings. The van der Waals surface area contributed by atoms with Gasteiger partial charge in [-0.2, -0.15) is 13.8 Å². The van der Waals surface area contributed by atoms with Crippen LogP contribution in [0.1, 0.15) is 13.8 Å². The van der Waals surface area contributed by atoms with Crippen molar-refractivity contribution < 1.29 is 32.7 Å². The molecule has 2 rings (SSSR count). The predicted octanol–water partition coefficient (Wildman–Crippen LogP) is 3.42. The number of aromatic nitrogens is 2. The summed E-state index contributed by atoms with van der Waals surface area (Å²) in [6.07, 6.45) is 6.25. The van der Waals surface area contributed by atoms with Gasteiger partial charge in [-0.15, -0.1) is 12.3 Å². The number of halogens is 1. The van der Waals surface area contributed by atoms with Crippen LogP contribution in [-0.4, -0.2) is 9.97 Å². The van der Waals surface area contributed by atoms with Crippen LogP contribution in [0.5, 0.6) is 0 Å². The summed E-state index contributed by atoms with van der Waals surface area (Å²) < 4.78 is 1.01. The normalized spacial score (nSPS) is 8.73. The first-order valence-corrected chi connectivity index (χ1v) is 5.09. The van der Waals surface area contributed by atoms with E-state index in [1.165, 1.54) is 0 Å². The smallest absolute Gasteiger partial charge is 0.00486 e. The third-order valence-corrected chi connectivity index (χ3v) is 1.88. The number of nitrogens with zero attached hydrogens (tertiary/aromatic N) is 2. The molecular weight excluding hydrogens is 329 g/mol. The Morgan fingerprint density at radius 2 is 1.93 bits per heavy atom. The van der Waals surface area contributed by atoms with Gasteiger partial charge in [-0.05, 0) is 12.3 Å². The Balaban J connectivity index is 0.000000443. The summed E-state index contributed by atoms with van der Waals surface area (Å²) >= 11 is 3.35. The minimum atomic E-state index is 0. The molecule has 0 unspecified atom stereocenters. The Morgan fingerprint density at radius 3 is 2.60 bits per heavy atom. The Bertz CT molecular complexity index is 406. The maximum absolute atomic E-state index is 4.08. The Morgan fingerprint density at radius 1 is 1.27 bits per heavy atom. The van der Waals surface area contributed by atoms with Crippen molar-refractivity contribution in [1.29, 1.82) is 0 Å². The SMILES string of the molecule is Brc1ccc2nc[c-]nc2c1.C[CH-]C.[Y]. The van der Waals surface area contributed by atoms with Crippen molar-refractivity contribution in [2.75, 3.05) is 0 Å². The first-order chi connectivity index (χ1) is 6.77. The number of hydrogen-bond donors (Lipinski definition) is 0. The molecule has 0 saturated carbocycles. The van der Waals surface area contributed by atoms with Crippen LogP contribution < -0.4 is 0 Å². The molecule has 0 aliphatic carbocycles. The van der Waals surface area contributed by atoms with Gasteiger partial charge in [0.15, 0.2) is 0 Å². The number of rotatable bonds is 0. The minimum Gasteiger partial charge on any atom is -0.448 e. The first-order valence-electron chi connectivity index (χ1n) is 4.30. The molecule has 15 heavy (non-hydrogen) atoms. The zero-order valence-electron chi connectivity index (χ0n) is 8.74. The number of benzene rings is 1. The molecule has 1 aromatic carbocycles. The summed E-state index contributed by atoms with van der Waals surface area (Å²) in [7, 11) is 0. The van der Waals surface area contributed by atoms with Gasteiger partial charge in [0.1, 0.15) is 0 Å². The second kappa shape index (κ2) is 8.31. The molecule has 1 heterocycles. The van der Waals surface area contributed by atoms with Gasteiger partial charge in [-0.25, -0.2) is 0 Å². The monoisotopic (exact) mass is 339 g/mol. The van der Waals surface area contributed by atoms with E-state index in [0.717, 1.165) is 15.5 Å². The molecule has 0 aliphatic heterocycles. The van der Waals surface area contributed by atoms with Gasteiger partial charge in [0.2, 0.25) is 0 Å². The molecule has 4 heteroatoms. The molecule has 1 radical (unpaired) electrons. The van der Waals surface area contributed by atoms with E-state index < -0.39 is 0 Å². The van der Waals surface area contributed by atoms with E-state index in [0.29, 0.717) is 0 Å². The van der Waals surface area contributed by atoms with Crippen LogP contribution in [0, 0.1) is 12.6 Å². The Kier molecular flexibility index (Phi) is 8.39. The van der Waals surface area contributed by atoms with Crippen molar-refractivity contribution in [1.82, 2.24) is 9.97 Å². The van der Waals surface area contributed by atoms with E-state index in [2.05, 4.69) is 32.1 Å². The molecule has 0 amide bonds. The molecule has 0 aliphatic rings. The van der Waals surface area contributed by atoms with Crippen LogP contribution in [0.4, 0.5) is 0 Å². The van der Waals surface area contributed by atoms with Crippen LogP contribution in [0.3, 0.4) is 0 Å². The van der Waals surface area contributed by atoms with E-state index in [1.807, 2.05) is 38.5 Å². The maximum atomic E-state index is 4.08. The summed E-state index contributed by atoms with van der Waals surface area (Å²) in [6, 6.07) is 5.77. The average molecular weight is 340 g/mol. The average Bonchev–Trinajstić information content (AvgIpc) is 2.19. The van der Waals surface area contributed by atoms with Gasteiger partial charge in [0.25, 0.3) is 0 Å². The minimum absolute atomic E-state index is 0. The largest absolute Gasteiger partial charge is 0.448 e. The second-order valence-corrected chi connectivity index (χ2v) is 3.63. The zero-order chi connectivity index (χ0) is 10.4. The third-order valence-electron chi connectivity index (χ3n) is 1.38. The Labute approximate surface area is 124 Å². The molecule has 0 fully saturated rings. The van der Waals surface area contributed by atoms with Gasteiger partial charge in [0, 0.05) is 42.7 Å². The molecule has 0 spiro atoms. The van der Waals surface area contributed by atoms with Crippen molar-refractivity contribution in [3.8, 4) is 0 Å². The van der Waals surface area contributed by atoms with Gasteiger partial charge in [-0.3, -0.25) is 4.98 Å². The van der Waals surface area contributed by atoms with Crippen LogP contribution >= 0.6 is 15.9 Å². The Hall–Kier alpha value is 0.144. The van der Waals surface area contributed by atoms with E-state index in [1.54, 1.807) is 6.20 Å². The van der Waals surface area contributed by atoms with Crippen LogP contribution in [0.15, 0.2) is 28.9 Å². The topological polar surface area (TPSA) is 25.8 Å². The number of hydrogen-bond acceptors (Lipinski definition) is 2. The summed E-state index contributed by atoms with van der Waals surface area (Å²) in [5, 5.41) is 0. The molecule has 0 N–H and O–H groups in total. The van der Waals surface area contributed by atoms with Crippen LogP contribution in [-0.2, 0) is 32.7 Å². The molecule has 1 aromatic heterocycles. The predicted molar refractivity (Wildman–Crippen MR) is 61.7 cm³/mol. The van der Waals surface area contributed by atoms with Gasteiger partial charge in [0.05, 0.1) is 0 Å². The summed E-state index contributed by atoms with van der Waals surface area (Å²) in [4.78, 5) is 8.11. The van der Waals surface area contributed by atoms with Crippen molar-refractivity contribution in [3.63, 3.8) is 0 Å². The van der Waals surface area contributed by atoms with Gasteiger partial charge >= 0.3 is 0 Å². The first kappa shape index (κ1) is 15.1. The zero-order valence-corrected chi connectivity index (χ0v) is 13.2. The van der Waals surface area contributed by atoms with Gasteiger partial charge < -0.3 is 11.4 Å². The summed E-state index contributed by atoms with van der Waals surface area (Å²) in [5.74, 6) is 0. The fraction of sp³-hybridized carbons (Fsp3) is 0.182. The molecule has 0 bridgehead atoms. The van der Waals surface area contributed by atoms with E-state index >= 15 is 0 Å². The standard InChI is InChI=1S/C8H4BrN2.C3H7.Y/c9-6-1-2-7-8(5-6)11-4-3-10-7;1-3-2;/h1-3,5H;3H,1-2H3;/q2*-1;. The molecule has 2 nitrogen and oxygen atoms in total. The van der Waals surface area contributed by atoms with Crippen LogP contribution in [0.25, 0.3) is 11.0 Å². The van der Waals surface area contributed by atoms with E-state index in [9.17, 15) is 0 Å². The van der Waals surface area contributed by atoms with Crippen LogP contribution in [0.2, 0.25) is 0 Å². The summed E-state index contributed by atoms with van der Waals surface area (Å²) in [5.41, 5.74) is 1.76. The quantitative estimate of drug-likeness (QED) is 0.687. The van der Waals surface area contributed by atoms with Crippen molar-refractivity contribution in [2.24, 2.45) is 0 Å². The molecule has 0 saturated heterocycles. The maximum Gasteiger partial charge on any atom is 0.00486 e. The molecule has 77 valence electrons. The van der Waals surface area contributed by atoms with E-state index in [4.69, 9.17) is 0 Å². The second-order valence-electron chi connectivity index (χ2n) is 2.71. The fourth-order valence-corrected chi connectivity index (χ4v) is 1.24. The third kappa shape index (κ3) is 5.14. The van der Waals surface area contributed by atoms with Crippen molar-refractivity contribution in [3.05, 3.63) is 41.5 Å². The number of fused-ring (bicyclic) bond motifs is 1. The van der Waals surface area contributed by atoms with Crippen molar-refractivity contribution >= 4 is 27.0 Å². The van der Waals surface area contributed by atoms with Crippen molar-refractivity contribution in [2.45, 2.75) is 13.8 Å². The molecule has 0 atom stereocenters. The fourth-order valence-electron chi connectivity index (χ4n) is 0.892. The molecular formula is C11H11BrN2Y-2. The van der Waals surface area contributed by atoms with E-state index in [-0.39, 0.29) is 32.7 Å².